The lowest BCUT2D eigenvalue weighted by Crippen LogP contribution is -2.42. The van der Waals surface area contributed by atoms with E-state index >= 15 is 0 Å². The Kier molecular flexibility index (Phi) is 4.91. The highest BCUT2D eigenvalue weighted by atomic mass is 32.2. The number of nitrogens with one attached hydrogen (secondary N) is 1. The number of hydrogen-bond acceptors (Lipinski definition) is 3. The van der Waals surface area contributed by atoms with Crippen molar-refractivity contribution in [2.24, 2.45) is 0 Å². The van der Waals surface area contributed by atoms with E-state index in [0.717, 1.165) is 31.0 Å². The predicted octanol–water partition coefficient (Wildman–Crippen LogP) is 0.522. The lowest BCUT2D eigenvalue weighted by atomic mass is 10.1. The third kappa shape index (κ3) is 4.20. The number of ether oxygens (including phenoxy) is 1. The number of methoxy groups -OCH3 is 1. The van der Waals surface area contributed by atoms with Gasteiger partial charge >= 0.3 is 0 Å². The molecule has 0 bridgehead atoms. The van der Waals surface area contributed by atoms with Crippen LogP contribution in [0.5, 0.6) is 0 Å². The fourth-order valence-electron chi connectivity index (χ4n) is 1.66. The zero-order valence-corrected chi connectivity index (χ0v) is 9.23. The van der Waals surface area contributed by atoms with Gasteiger partial charge in [0, 0.05) is 41.5 Å². The number of hydrogen-bond donors (Lipinski definition) is 1. The van der Waals surface area contributed by atoms with Gasteiger partial charge in [-0.1, -0.05) is 0 Å². The molecule has 1 heterocycles. The zero-order valence-electron chi connectivity index (χ0n) is 8.41. The van der Waals surface area contributed by atoms with Gasteiger partial charge in [0.05, 0.1) is 6.61 Å². The molecular formula is C9H19NO2S. The standard InChI is InChI=1S/C9H19NO2S/c1-8(7-12-2)10-9-3-5-13(11)6-4-9/h8-10H,3-7H2,1-2H3. The third-order valence-corrected chi connectivity index (χ3v) is 3.71. The minimum absolute atomic E-state index is 0.404. The smallest absolute Gasteiger partial charge is 0.0613 e. The van der Waals surface area contributed by atoms with Crippen LogP contribution < -0.4 is 5.32 Å². The first-order valence-electron chi connectivity index (χ1n) is 4.82. The Hall–Kier alpha value is 0.0700. The summed E-state index contributed by atoms with van der Waals surface area (Å²) < 4.78 is 16.1. The monoisotopic (exact) mass is 205 g/mol. The molecule has 1 aliphatic rings. The molecule has 4 heteroatoms. The average Bonchev–Trinajstić information content (AvgIpc) is 2.09. The Morgan fingerprint density at radius 2 is 2.15 bits per heavy atom. The topological polar surface area (TPSA) is 38.3 Å². The molecule has 0 saturated carbocycles. The molecule has 0 aromatic carbocycles. The van der Waals surface area contributed by atoms with E-state index in [-0.39, 0.29) is 0 Å². The molecule has 1 fully saturated rings. The Bertz CT molecular complexity index is 165. The highest BCUT2D eigenvalue weighted by molar-refractivity contribution is 7.85. The van der Waals surface area contributed by atoms with Crippen LogP contribution >= 0.6 is 0 Å². The van der Waals surface area contributed by atoms with Crippen LogP contribution in [0.3, 0.4) is 0 Å². The van der Waals surface area contributed by atoms with Crippen molar-refractivity contribution in [3.05, 3.63) is 0 Å². The van der Waals surface area contributed by atoms with Crippen LogP contribution in [-0.2, 0) is 15.5 Å². The minimum Gasteiger partial charge on any atom is -0.383 e. The van der Waals surface area contributed by atoms with Crippen LogP contribution in [0.4, 0.5) is 0 Å². The van der Waals surface area contributed by atoms with E-state index in [0.29, 0.717) is 12.1 Å². The van der Waals surface area contributed by atoms with Gasteiger partial charge in [-0.15, -0.1) is 0 Å². The third-order valence-electron chi connectivity index (χ3n) is 2.32. The molecule has 1 N–H and O–H groups in total. The second kappa shape index (κ2) is 5.73. The van der Waals surface area contributed by atoms with Crippen LogP contribution in [0.15, 0.2) is 0 Å². The summed E-state index contributed by atoms with van der Waals surface area (Å²) in [5.74, 6) is 1.72. The van der Waals surface area contributed by atoms with Crippen molar-refractivity contribution in [3.8, 4) is 0 Å². The number of rotatable bonds is 4. The fourth-order valence-corrected chi connectivity index (χ4v) is 2.96. The van der Waals surface area contributed by atoms with Crippen LogP contribution in [0.25, 0.3) is 0 Å². The Morgan fingerprint density at radius 3 is 2.69 bits per heavy atom. The fraction of sp³-hybridized carbons (Fsp3) is 1.00. The van der Waals surface area contributed by atoms with Crippen LogP contribution in [-0.4, -0.2) is 41.5 Å². The van der Waals surface area contributed by atoms with E-state index in [4.69, 9.17) is 4.74 Å². The van der Waals surface area contributed by atoms with Crippen molar-refractivity contribution in [3.63, 3.8) is 0 Å². The average molecular weight is 205 g/mol. The Labute approximate surface area is 82.7 Å². The summed E-state index contributed by atoms with van der Waals surface area (Å²) in [6, 6.07) is 0.949. The van der Waals surface area contributed by atoms with Crippen molar-refractivity contribution >= 4 is 10.8 Å². The van der Waals surface area contributed by atoms with E-state index in [1.807, 2.05) is 0 Å². The first-order valence-corrected chi connectivity index (χ1v) is 6.31. The quantitative estimate of drug-likeness (QED) is 0.727. The Balaban J connectivity index is 2.18. The molecule has 0 amide bonds. The summed E-state index contributed by atoms with van der Waals surface area (Å²) >= 11 is 0. The lowest BCUT2D eigenvalue weighted by Gasteiger charge is -2.25. The van der Waals surface area contributed by atoms with Gasteiger partial charge in [0.15, 0.2) is 0 Å². The van der Waals surface area contributed by atoms with Crippen molar-refractivity contribution in [2.75, 3.05) is 25.2 Å². The maximum atomic E-state index is 11.1. The highest BCUT2D eigenvalue weighted by Gasteiger charge is 2.18. The SMILES string of the molecule is COCC(C)NC1CCS(=O)CC1. The molecule has 1 atom stereocenters. The molecule has 1 aliphatic heterocycles. The molecule has 1 unspecified atom stereocenters. The maximum Gasteiger partial charge on any atom is 0.0613 e. The summed E-state index contributed by atoms with van der Waals surface area (Å²) in [7, 11) is 1.17. The van der Waals surface area contributed by atoms with Crippen molar-refractivity contribution in [1.29, 1.82) is 0 Å². The first-order chi connectivity index (χ1) is 6.22. The summed E-state index contributed by atoms with van der Waals surface area (Å²) in [5.41, 5.74) is 0. The molecule has 78 valence electrons. The van der Waals surface area contributed by atoms with E-state index in [2.05, 4.69) is 12.2 Å². The van der Waals surface area contributed by atoms with Gasteiger partial charge in [0.1, 0.15) is 0 Å². The van der Waals surface area contributed by atoms with Gasteiger partial charge in [0.2, 0.25) is 0 Å². The normalized spacial score (nSPS) is 31.5. The molecule has 0 aliphatic carbocycles. The van der Waals surface area contributed by atoms with E-state index < -0.39 is 10.8 Å². The minimum atomic E-state index is -0.551. The van der Waals surface area contributed by atoms with Gasteiger partial charge in [-0.25, -0.2) is 0 Å². The van der Waals surface area contributed by atoms with Crippen molar-refractivity contribution in [2.45, 2.75) is 31.8 Å². The molecule has 1 rings (SSSR count). The summed E-state index contributed by atoms with van der Waals surface area (Å²) in [5, 5.41) is 3.48. The summed E-state index contributed by atoms with van der Waals surface area (Å²) in [6.07, 6.45) is 2.08. The molecule has 1 saturated heterocycles. The second-order valence-corrected chi connectivity index (χ2v) is 5.34. The van der Waals surface area contributed by atoms with Gasteiger partial charge in [0.25, 0.3) is 0 Å². The Morgan fingerprint density at radius 1 is 1.54 bits per heavy atom. The van der Waals surface area contributed by atoms with Crippen molar-refractivity contribution < 1.29 is 8.95 Å². The van der Waals surface area contributed by atoms with Gasteiger partial charge in [-0.05, 0) is 19.8 Å². The largest absolute Gasteiger partial charge is 0.383 e. The first kappa shape index (κ1) is 11.1. The molecule has 3 nitrogen and oxygen atoms in total. The molecule has 0 spiro atoms. The van der Waals surface area contributed by atoms with Gasteiger partial charge in [-0.3, -0.25) is 4.21 Å². The zero-order chi connectivity index (χ0) is 9.68. The predicted molar refractivity (Wildman–Crippen MR) is 55.4 cm³/mol. The van der Waals surface area contributed by atoms with Crippen LogP contribution in [0.2, 0.25) is 0 Å². The molecule has 0 radical (unpaired) electrons. The van der Waals surface area contributed by atoms with Crippen LogP contribution in [0.1, 0.15) is 19.8 Å². The lowest BCUT2D eigenvalue weighted by molar-refractivity contribution is 0.165. The molecular weight excluding hydrogens is 186 g/mol. The molecule has 0 aromatic heterocycles. The molecule has 0 aromatic rings. The second-order valence-electron chi connectivity index (χ2n) is 3.65. The van der Waals surface area contributed by atoms with Gasteiger partial charge in [-0.2, -0.15) is 0 Å². The van der Waals surface area contributed by atoms with Crippen molar-refractivity contribution in [1.82, 2.24) is 5.32 Å². The highest BCUT2D eigenvalue weighted by Crippen LogP contribution is 2.09. The summed E-state index contributed by atoms with van der Waals surface area (Å²) in [6.45, 7) is 2.87. The molecule has 13 heavy (non-hydrogen) atoms. The van der Waals surface area contributed by atoms with E-state index in [9.17, 15) is 4.21 Å². The maximum absolute atomic E-state index is 11.1. The van der Waals surface area contributed by atoms with Gasteiger partial charge < -0.3 is 10.1 Å². The van der Waals surface area contributed by atoms with E-state index in [1.54, 1.807) is 7.11 Å². The summed E-state index contributed by atoms with van der Waals surface area (Å²) in [4.78, 5) is 0. The van der Waals surface area contributed by atoms with E-state index in [1.165, 1.54) is 0 Å². The van der Waals surface area contributed by atoms with Crippen LogP contribution in [0, 0.1) is 0 Å².